The van der Waals surface area contributed by atoms with Crippen molar-refractivity contribution < 1.29 is 4.74 Å². The van der Waals surface area contributed by atoms with Crippen molar-refractivity contribution in [3.8, 4) is 0 Å². The van der Waals surface area contributed by atoms with Gasteiger partial charge < -0.3 is 9.30 Å². The van der Waals surface area contributed by atoms with E-state index in [1.807, 2.05) is 23.6 Å². The van der Waals surface area contributed by atoms with Crippen LogP contribution in [0.3, 0.4) is 0 Å². The van der Waals surface area contributed by atoms with Crippen LogP contribution in [0.25, 0.3) is 11.2 Å². The smallest absolute Gasteiger partial charge is 0.159 e. The van der Waals surface area contributed by atoms with Gasteiger partial charge in [0.1, 0.15) is 5.52 Å². The first-order valence-electron chi connectivity index (χ1n) is 4.75. The van der Waals surface area contributed by atoms with Crippen LogP contribution >= 0.6 is 0 Å². The maximum Gasteiger partial charge on any atom is 0.159 e. The summed E-state index contributed by atoms with van der Waals surface area (Å²) in [6.07, 6.45) is 3.58. The van der Waals surface area contributed by atoms with E-state index in [0.717, 1.165) is 24.3 Å². The quantitative estimate of drug-likeness (QED) is 0.687. The van der Waals surface area contributed by atoms with Crippen molar-refractivity contribution >= 4 is 11.2 Å². The van der Waals surface area contributed by atoms with E-state index in [-0.39, 0.29) is 0 Å². The Bertz CT molecular complexity index is 410. The Morgan fingerprint density at radius 2 is 2.36 bits per heavy atom. The van der Waals surface area contributed by atoms with Crippen molar-refractivity contribution in [2.45, 2.75) is 13.5 Å². The van der Waals surface area contributed by atoms with Crippen LogP contribution in [0.2, 0.25) is 0 Å². The predicted octanol–water partition coefficient (Wildman–Crippen LogP) is 1.47. The molecule has 0 atom stereocenters. The third-order valence-electron chi connectivity index (χ3n) is 2.05. The molecule has 0 aromatic carbocycles. The number of hydrogen-bond donors (Lipinski definition) is 0. The van der Waals surface area contributed by atoms with Crippen LogP contribution in [0, 0.1) is 0 Å². The molecule has 74 valence electrons. The summed E-state index contributed by atoms with van der Waals surface area (Å²) >= 11 is 0. The number of imidazole rings is 1. The van der Waals surface area contributed by atoms with Crippen LogP contribution in [0.15, 0.2) is 24.7 Å². The summed E-state index contributed by atoms with van der Waals surface area (Å²) in [5, 5.41) is 0. The van der Waals surface area contributed by atoms with Crippen molar-refractivity contribution in [3.63, 3.8) is 0 Å². The number of fused-ring (bicyclic) bond motifs is 1. The fourth-order valence-electron chi connectivity index (χ4n) is 1.37. The molecular formula is C10H13N3O. The molecule has 0 aliphatic heterocycles. The zero-order valence-corrected chi connectivity index (χ0v) is 8.18. The van der Waals surface area contributed by atoms with E-state index in [2.05, 4.69) is 9.97 Å². The van der Waals surface area contributed by atoms with Crippen LogP contribution in [-0.4, -0.2) is 27.7 Å². The summed E-state index contributed by atoms with van der Waals surface area (Å²) in [6.45, 7) is 4.25. The van der Waals surface area contributed by atoms with Gasteiger partial charge in [0.15, 0.2) is 5.65 Å². The van der Waals surface area contributed by atoms with Crippen molar-refractivity contribution in [2.24, 2.45) is 0 Å². The van der Waals surface area contributed by atoms with Crippen molar-refractivity contribution in [1.29, 1.82) is 0 Å². The van der Waals surface area contributed by atoms with E-state index in [4.69, 9.17) is 4.74 Å². The Labute approximate surface area is 82.5 Å². The molecule has 0 amide bonds. The molecule has 0 radical (unpaired) electrons. The molecule has 14 heavy (non-hydrogen) atoms. The molecular weight excluding hydrogens is 178 g/mol. The Hall–Kier alpha value is -1.42. The molecule has 2 rings (SSSR count). The van der Waals surface area contributed by atoms with Gasteiger partial charge in [0.05, 0.1) is 12.9 Å². The lowest BCUT2D eigenvalue weighted by atomic mass is 10.4. The summed E-state index contributed by atoms with van der Waals surface area (Å²) in [5.74, 6) is 0. The highest BCUT2D eigenvalue weighted by Crippen LogP contribution is 2.07. The van der Waals surface area contributed by atoms with Gasteiger partial charge >= 0.3 is 0 Å². The number of nitrogens with zero attached hydrogens (tertiary/aromatic N) is 3. The topological polar surface area (TPSA) is 39.9 Å². The van der Waals surface area contributed by atoms with E-state index < -0.39 is 0 Å². The lowest BCUT2D eigenvalue weighted by molar-refractivity contribution is 0.139. The Morgan fingerprint density at radius 1 is 1.43 bits per heavy atom. The van der Waals surface area contributed by atoms with Crippen LogP contribution in [0.5, 0.6) is 0 Å². The van der Waals surface area contributed by atoms with Gasteiger partial charge in [-0.1, -0.05) is 0 Å². The Morgan fingerprint density at radius 3 is 3.21 bits per heavy atom. The molecule has 0 N–H and O–H groups in total. The average Bonchev–Trinajstić information content (AvgIpc) is 2.63. The molecule has 0 aliphatic rings. The molecule has 0 spiro atoms. The van der Waals surface area contributed by atoms with Crippen LogP contribution in [0.4, 0.5) is 0 Å². The van der Waals surface area contributed by atoms with Crippen LogP contribution in [0.1, 0.15) is 6.92 Å². The Kier molecular flexibility index (Phi) is 2.74. The largest absolute Gasteiger partial charge is 0.380 e. The molecule has 2 aromatic rings. The standard InChI is InChI=1S/C10H13N3O/c1-2-14-7-6-13-8-12-9-4-3-5-11-10(9)13/h3-5,8H,2,6-7H2,1H3. The highest BCUT2D eigenvalue weighted by atomic mass is 16.5. The van der Waals surface area contributed by atoms with Crippen molar-refractivity contribution in [2.75, 3.05) is 13.2 Å². The van der Waals surface area contributed by atoms with E-state index in [9.17, 15) is 0 Å². The highest BCUT2D eigenvalue weighted by molar-refractivity contribution is 5.69. The zero-order valence-electron chi connectivity index (χ0n) is 8.18. The zero-order chi connectivity index (χ0) is 9.80. The van der Waals surface area contributed by atoms with Gasteiger partial charge in [-0.3, -0.25) is 0 Å². The molecule has 0 aliphatic carbocycles. The van der Waals surface area contributed by atoms with Crippen molar-refractivity contribution in [3.05, 3.63) is 24.7 Å². The normalized spacial score (nSPS) is 10.9. The predicted molar refractivity (Wildman–Crippen MR) is 54.0 cm³/mol. The first-order valence-corrected chi connectivity index (χ1v) is 4.75. The number of hydrogen-bond acceptors (Lipinski definition) is 3. The number of ether oxygens (including phenoxy) is 1. The van der Waals surface area contributed by atoms with Crippen molar-refractivity contribution in [1.82, 2.24) is 14.5 Å². The minimum Gasteiger partial charge on any atom is -0.380 e. The second-order valence-corrected chi connectivity index (χ2v) is 2.98. The maximum atomic E-state index is 5.28. The second-order valence-electron chi connectivity index (χ2n) is 2.98. The van der Waals surface area contributed by atoms with Gasteiger partial charge in [-0.25, -0.2) is 9.97 Å². The summed E-state index contributed by atoms with van der Waals surface area (Å²) in [6, 6.07) is 3.85. The molecule has 2 heterocycles. The SMILES string of the molecule is CCOCCn1cnc2cccnc21. The molecule has 0 saturated carbocycles. The number of pyridine rings is 1. The van der Waals surface area contributed by atoms with E-state index in [1.165, 1.54) is 0 Å². The fraction of sp³-hybridized carbons (Fsp3) is 0.400. The van der Waals surface area contributed by atoms with Gasteiger partial charge in [-0.2, -0.15) is 0 Å². The van der Waals surface area contributed by atoms with Gasteiger partial charge in [0, 0.05) is 19.3 Å². The average molecular weight is 191 g/mol. The first-order chi connectivity index (χ1) is 6.92. The molecule has 0 saturated heterocycles. The molecule has 0 bridgehead atoms. The highest BCUT2D eigenvalue weighted by Gasteiger charge is 2.01. The molecule has 2 aromatic heterocycles. The van der Waals surface area contributed by atoms with Gasteiger partial charge in [0.2, 0.25) is 0 Å². The van der Waals surface area contributed by atoms with Gasteiger partial charge in [-0.05, 0) is 19.1 Å². The van der Waals surface area contributed by atoms with E-state index in [0.29, 0.717) is 6.61 Å². The number of aromatic nitrogens is 3. The third-order valence-corrected chi connectivity index (χ3v) is 2.05. The molecule has 4 heteroatoms. The van der Waals surface area contributed by atoms with Gasteiger partial charge in [-0.15, -0.1) is 0 Å². The van der Waals surface area contributed by atoms with E-state index >= 15 is 0 Å². The maximum absolute atomic E-state index is 5.28. The third kappa shape index (κ3) is 1.75. The lowest BCUT2D eigenvalue weighted by Crippen LogP contribution is -2.05. The van der Waals surface area contributed by atoms with Gasteiger partial charge in [0.25, 0.3) is 0 Å². The minimum atomic E-state index is 0.707. The van der Waals surface area contributed by atoms with E-state index in [1.54, 1.807) is 12.5 Å². The fourth-order valence-corrected chi connectivity index (χ4v) is 1.37. The Balaban J connectivity index is 2.17. The monoisotopic (exact) mass is 191 g/mol. The summed E-state index contributed by atoms with van der Waals surface area (Å²) in [4.78, 5) is 8.51. The summed E-state index contributed by atoms with van der Waals surface area (Å²) in [7, 11) is 0. The summed E-state index contributed by atoms with van der Waals surface area (Å²) < 4.78 is 7.28. The minimum absolute atomic E-state index is 0.707. The first kappa shape index (κ1) is 9.15. The second kappa shape index (κ2) is 4.19. The van der Waals surface area contributed by atoms with Crippen LogP contribution in [-0.2, 0) is 11.3 Å². The molecule has 0 fully saturated rings. The number of rotatable bonds is 4. The molecule has 4 nitrogen and oxygen atoms in total. The van der Waals surface area contributed by atoms with Crippen LogP contribution < -0.4 is 0 Å². The lowest BCUT2D eigenvalue weighted by Gasteiger charge is -2.02. The molecule has 0 unspecified atom stereocenters. The summed E-state index contributed by atoms with van der Waals surface area (Å²) in [5.41, 5.74) is 1.86.